The summed E-state index contributed by atoms with van der Waals surface area (Å²) in [6.07, 6.45) is 10.8. The van der Waals surface area contributed by atoms with Crippen LogP contribution in [-0.2, 0) is 6.54 Å². The van der Waals surface area contributed by atoms with Crippen molar-refractivity contribution in [1.29, 1.82) is 0 Å². The number of allylic oxidation sites excluding steroid dienone is 5. The number of amides is 1. The van der Waals surface area contributed by atoms with Gasteiger partial charge in [-0.25, -0.2) is 0 Å². The number of carbonyl (C=O) groups is 1. The van der Waals surface area contributed by atoms with E-state index in [9.17, 15) is 9.90 Å². The van der Waals surface area contributed by atoms with Gasteiger partial charge in [-0.1, -0.05) is 28.9 Å². The molecule has 0 bridgehead atoms. The maximum absolute atomic E-state index is 11.8. The Morgan fingerprint density at radius 3 is 2.38 bits per heavy atom. The van der Waals surface area contributed by atoms with Crippen LogP contribution in [0.2, 0.25) is 0 Å². The normalized spacial score (nSPS) is 13.8. The molecule has 1 aliphatic rings. The van der Waals surface area contributed by atoms with Gasteiger partial charge >= 0.3 is 0 Å². The number of hydrogen-bond acceptors (Lipinski definition) is 4. The van der Waals surface area contributed by atoms with Gasteiger partial charge in [0, 0.05) is 12.1 Å². The molecule has 0 aromatic heterocycles. The zero-order valence-corrected chi connectivity index (χ0v) is 18.2. The molecule has 158 valence electrons. The van der Waals surface area contributed by atoms with E-state index in [0.717, 1.165) is 31.2 Å². The number of ether oxygens (including phenoxy) is 2. The zero-order valence-electron chi connectivity index (χ0n) is 18.2. The van der Waals surface area contributed by atoms with Crippen LogP contribution in [0.15, 0.2) is 41.0 Å². The van der Waals surface area contributed by atoms with Gasteiger partial charge in [-0.2, -0.15) is 0 Å². The molecule has 0 saturated heterocycles. The van der Waals surface area contributed by atoms with Gasteiger partial charge in [0.05, 0.1) is 12.7 Å². The van der Waals surface area contributed by atoms with Crippen LogP contribution in [0.25, 0.3) is 0 Å². The largest absolute Gasteiger partial charge is 0.504 e. The lowest BCUT2D eigenvalue weighted by Crippen LogP contribution is -2.12. The summed E-state index contributed by atoms with van der Waals surface area (Å²) in [6.45, 7) is 9.23. The molecule has 1 heterocycles. The molecule has 29 heavy (non-hydrogen) atoms. The third-order valence-electron chi connectivity index (χ3n) is 4.98. The molecule has 0 spiro atoms. The number of benzene rings is 1. The number of fused-ring (bicyclic) bond motifs is 1. The second kappa shape index (κ2) is 10.7. The summed E-state index contributed by atoms with van der Waals surface area (Å²) in [5.41, 5.74) is 5.17. The van der Waals surface area contributed by atoms with Crippen molar-refractivity contribution in [3.63, 3.8) is 0 Å². The van der Waals surface area contributed by atoms with E-state index in [1.54, 1.807) is 0 Å². The van der Waals surface area contributed by atoms with Crippen molar-refractivity contribution in [2.24, 2.45) is 0 Å². The topological polar surface area (TPSA) is 67.8 Å². The van der Waals surface area contributed by atoms with E-state index in [0.29, 0.717) is 24.5 Å². The summed E-state index contributed by atoms with van der Waals surface area (Å²) < 4.78 is 11.2. The molecule has 2 rings (SSSR count). The standard InChI is InChI=1S/C24H33NO4/c1-16(2)8-6-9-17(3)10-7-11-18(4)12-13-29-23-21(26)14-19-20(22(23)28-5)15-25-24(19)27/h8,10,12,14,26H,6-7,9,11,13,15H2,1-5H3,(H,25,27)/b17-10+,18-12+. The van der Waals surface area contributed by atoms with Crippen LogP contribution < -0.4 is 14.8 Å². The van der Waals surface area contributed by atoms with Crippen LogP contribution in [0.1, 0.15) is 69.3 Å². The summed E-state index contributed by atoms with van der Waals surface area (Å²) in [5.74, 6) is 0.403. The predicted octanol–water partition coefficient (Wildman–Crippen LogP) is 5.44. The maximum atomic E-state index is 11.8. The monoisotopic (exact) mass is 399 g/mol. The summed E-state index contributed by atoms with van der Waals surface area (Å²) in [5, 5.41) is 13.0. The average molecular weight is 400 g/mol. The Morgan fingerprint density at radius 1 is 1.07 bits per heavy atom. The van der Waals surface area contributed by atoms with E-state index in [-0.39, 0.29) is 17.4 Å². The van der Waals surface area contributed by atoms with Gasteiger partial charge in [0.25, 0.3) is 5.91 Å². The molecule has 1 aromatic carbocycles. The number of carbonyl (C=O) groups excluding carboxylic acids is 1. The molecule has 0 aliphatic carbocycles. The molecule has 1 aliphatic heterocycles. The Bertz CT molecular complexity index is 830. The van der Waals surface area contributed by atoms with Crippen molar-refractivity contribution in [2.45, 2.75) is 59.9 Å². The first kappa shape index (κ1) is 22.6. The number of hydrogen-bond donors (Lipinski definition) is 2. The SMILES string of the molecule is COc1c2c(cc(O)c1OC/C=C(\C)CC/C=C(\C)CCC=C(C)C)C(=O)NC2. The minimum absolute atomic E-state index is 0.0846. The fraction of sp³-hybridized carbons (Fsp3) is 0.458. The van der Waals surface area contributed by atoms with Crippen LogP contribution in [0.5, 0.6) is 17.2 Å². The second-order valence-corrected chi connectivity index (χ2v) is 7.74. The Kier molecular flexibility index (Phi) is 8.37. The van der Waals surface area contributed by atoms with Crippen molar-refractivity contribution >= 4 is 5.91 Å². The number of phenols is 1. The van der Waals surface area contributed by atoms with Crippen molar-refractivity contribution in [3.8, 4) is 17.2 Å². The minimum Gasteiger partial charge on any atom is -0.504 e. The van der Waals surface area contributed by atoms with Gasteiger partial charge in [-0.15, -0.1) is 0 Å². The smallest absolute Gasteiger partial charge is 0.252 e. The summed E-state index contributed by atoms with van der Waals surface area (Å²) >= 11 is 0. The molecule has 0 unspecified atom stereocenters. The van der Waals surface area contributed by atoms with Crippen LogP contribution in [0.3, 0.4) is 0 Å². The quantitative estimate of drug-likeness (QED) is 0.514. The molecule has 2 N–H and O–H groups in total. The summed E-state index contributed by atoms with van der Waals surface area (Å²) in [7, 11) is 1.51. The number of phenolic OH excluding ortho intramolecular Hbond substituents is 1. The van der Waals surface area contributed by atoms with Crippen LogP contribution >= 0.6 is 0 Å². The molecule has 0 saturated carbocycles. The molecule has 0 radical (unpaired) electrons. The zero-order chi connectivity index (χ0) is 21.4. The van der Waals surface area contributed by atoms with E-state index in [2.05, 4.69) is 45.2 Å². The first-order valence-electron chi connectivity index (χ1n) is 10.1. The first-order valence-corrected chi connectivity index (χ1v) is 10.1. The third kappa shape index (κ3) is 6.41. The Balaban J connectivity index is 1.90. The van der Waals surface area contributed by atoms with Crippen molar-refractivity contribution in [3.05, 3.63) is 52.1 Å². The van der Waals surface area contributed by atoms with Crippen LogP contribution in [0.4, 0.5) is 0 Å². The third-order valence-corrected chi connectivity index (χ3v) is 4.98. The molecule has 0 atom stereocenters. The molecule has 5 heteroatoms. The van der Waals surface area contributed by atoms with Gasteiger partial charge in [0.1, 0.15) is 6.61 Å². The van der Waals surface area contributed by atoms with E-state index in [1.807, 2.05) is 6.08 Å². The first-order chi connectivity index (χ1) is 13.8. The van der Waals surface area contributed by atoms with Gasteiger partial charge < -0.3 is 19.9 Å². The number of nitrogens with one attached hydrogen (secondary N) is 1. The van der Waals surface area contributed by atoms with E-state index < -0.39 is 0 Å². The Morgan fingerprint density at radius 2 is 1.72 bits per heavy atom. The lowest BCUT2D eigenvalue weighted by molar-refractivity contribution is 0.0965. The van der Waals surface area contributed by atoms with Gasteiger partial charge in [0.2, 0.25) is 5.75 Å². The summed E-state index contributed by atoms with van der Waals surface area (Å²) in [4.78, 5) is 11.8. The molecule has 1 aromatic rings. The van der Waals surface area contributed by atoms with Crippen molar-refractivity contribution in [2.75, 3.05) is 13.7 Å². The molecule has 1 amide bonds. The fourth-order valence-electron chi connectivity index (χ4n) is 3.27. The maximum Gasteiger partial charge on any atom is 0.252 e. The number of rotatable bonds is 10. The Hall–Kier alpha value is -2.69. The number of aromatic hydroxyl groups is 1. The molecular formula is C24H33NO4. The van der Waals surface area contributed by atoms with Crippen molar-refractivity contribution < 1.29 is 19.4 Å². The lowest BCUT2D eigenvalue weighted by Gasteiger charge is -2.14. The minimum atomic E-state index is -0.208. The van der Waals surface area contributed by atoms with E-state index in [1.165, 1.54) is 29.9 Å². The van der Waals surface area contributed by atoms with Crippen molar-refractivity contribution in [1.82, 2.24) is 5.32 Å². The summed E-state index contributed by atoms with van der Waals surface area (Å²) in [6, 6.07) is 1.44. The predicted molar refractivity (Wildman–Crippen MR) is 117 cm³/mol. The van der Waals surface area contributed by atoms with Crippen LogP contribution in [0, 0.1) is 0 Å². The molecule has 5 nitrogen and oxygen atoms in total. The highest BCUT2D eigenvalue weighted by Gasteiger charge is 2.28. The van der Waals surface area contributed by atoms with Gasteiger partial charge in [-0.3, -0.25) is 4.79 Å². The average Bonchev–Trinajstić information content (AvgIpc) is 3.02. The lowest BCUT2D eigenvalue weighted by atomic mass is 10.1. The highest BCUT2D eigenvalue weighted by Crippen LogP contribution is 2.43. The highest BCUT2D eigenvalue weighted by atomic mass is 16.5. The fourth-order valence-corrected chi connectivity index (χ4v) is 3.27. The van der Waals surface area contributed by atoms with Gasteiger partial charge in [0.15, 0.2) is 11.5 Å². The van der Waals surface area contributed by atoms with E-state index >= 15 is 0 Å². The molecular weight excluding hydrogens is 366 g/mol. The van der Waals surface area contributed by atoms with Crippen LogP contribution in [-0.4, -0.2) is 24.7 Å². The Labute approximate surface area is 174 Å². The van der Waals surface area contributed by atoms with Gasteiger partial charge in [-0.05, 0) is 65.5 Å². The van der Waals surface area contributed by atoms with E-state index in [4.69, 9.17) is 9.47 Å². The number of methoxy groups -OCH3 is 1. The second-order valence-electron chi connectivity index (χ2n) is 7.74. The molecule has 0 fully saturated rings. The highest BCUT2D eigenvalue weighted by molar-refractivity contribution is 6.00.